The van der Waals surface area contributed by atoms with Gasteiger partial charge < -0.3 is 10.2 Å². The molecule has 9 nitrogen and oxygen atoms in total. The Kier molecular flexibility index (Phi) is 6.21. The van der Waals surface area contributed by atoms with Gasteiger partial charge in [0, 0.05) is 18.4 Å². The van der Waals surface area contributed by atoms with Crippen LogP contribution in [0.15, 0.2) is 71.8 Å². The minimum absolute atomic E-state index is 0.0189. The maximum Gasteiger partial charge on any atom is 0.501 e. The number of nitrogens with zero attached hydrogens (tertiary/aromatic N) is 3. The first-order valence-electron chi connectivity index (χ1n) is 11.7. The molecule has 39 heavy (non-hydrogen) atoms. The summed E-state index contributed by atoms with van der Waals surface area (Å²) >= 11 is 0. The van der Waals surface area contributed by atoms with E-state index >= 15 is 0 Å². The Morgan fingerprint density at radius 1 is 1.03 bits per heavy atom. The number of anilines is 2. The number of alkyl halides is 3. The van der Waals surface area contributed by atoms with Gasteiger partial charge in [-0.3, -0.25) is 14.6 Å². The van der Waals surface area contributed by atoms with Crippen LogP contribution in [0.3, 0.4) is 0 Å². The first-order chi connectivity index (χ1) is 18.3. The number of aryl methyl sites for hydroxylation is 1. The van der Waals surface area contributed by atoms with Crippen LogP contribution in [0.25, 0.3) is 0 Å². The van der Waals surface area contributed by atoms with Crippen molar-refractivity contribution in [3.05, 3.63) is 83.7 Å². The fourth-order valence-electron chi connectivity index (χ4n) is 4.38. The summed E-state index contributed by atoms with van der Waals surface area (Å²) in [6.45, 7) is 1.90. The average Bonchev–Trinajstić information content (AvgIpc) is 3.67. The van der Waals surface area contributed by atoms with E-state index in [2.05, 4.69) is 10.3 Å². The zero-order chi connectivity index (χ0) is 28.2. The van der Waals surface area contributed by atoms with Gasteiger partial charge in [0.2, 0.25) is 0 Å². The van der Waals surface area contributed by atoms with Gasteiger partial charge in [-0.15, -0.1) is 0 Å². The third kappa shape index (κ3) is 4.62. The summed E-state index contributed by atoms with van der Waals surface area (Å²) in [5.41, 5.74) is -4.38. The van der Waals surface area contributed by atoms with Crippen molar-refractivity contribution in [1.29, 1.82) is 0 Å². The van der Waals surface area contributed by atoms with E-state index in [1.807, 2.05) is 19.1 Å². The first-order valence-corrected chi connectivity index (χ1v) is 13.2. The normalized spacial score (nSPS) is 16.6. The topological polar surface area (TPSA) is 117 Å². The maximum atomic E-state index is 13.3. The molecule has 0 atom stereocenters. The zero-order valence-electron chi connectivity index (χ0n) is 20.4. The first kappa shape index (κ1) is 26.4. The molecule has 3 aromatic rings. The number of hydrogen-bond acceptors (Lipinski definition) is 6. The van der Waals surface area contributed by atoms with Crippen molar-refractivity contribution in [2.24, 2.45) is 0 Å². The van der Waals surface area contributed by atoms with Crippen LogP contribution in [0.1, 0.15) is 34.5 Å². The molecule has 2 fully saturated rings. The summed E-state index contributed by atoms with van der Waals surface area (Å²) in [5, 5.41) is 2.75. The Morgan fingerprint density at radius 2 is 1.67 bits per heavy atom. The number of carbonyl (C=O) groups excluding carboxylic acids is 3. The van der Waals surface area contributed by atoms with E-state index in [4.69, 9.17) is 0 Å². The highest BCUT2D eigenvalue weighted by molar-refractivity contribution is 7.92. The lowest BCUT2D eigenvalue weighted by Gasteiger charge is -2.21. The number of rotatable bonds is 6. The Balaban J connectivity index is 1.36. The third-order valence-electron chi connectivity index (χ3n) is 6.68. The molecule has 1 saturated heterocycles. The van der Waals surface area contributed by atoms with Gasteiger partial charge in [0.15, 0.2) is 0 Å². The molecule has 202 valence electrons. The monoisotopic (exact) mass is 558 g/mol. The van der Waals surface area contributed by atoms with Gasteiger partial charge in [0.05, 0.1) is 10.6 Å². The van der Waals surface area contributed by atoms with E-state index in [1.165, 1.54) is 17.2 Å². The lowest BCUT2D eigenvalue weighted by atomic mass is 10.1. The summed E-state index contributed by atoms with van der Waals surface area (Å²) in [6, 6.07) is 13.0. The predicted octanol–water partition coefficient (Wildman–Crippen LogP) is 4.44. The zero-order valence-corrected chi connectivity index (χ0v) is 21.2. The van der Waals surface area contributed by atoms with Crippen molar-refractivity contribution < 1.29 is 36.0 Å². The second-order valence-corrected chi connectivity index (χ2v) is 11.3. The Bertz CT molecular complexity index is 1590. The summed E-state index contributed by atoms with van der Waals surface area (Å²) in [7, 11) is -5.58. The molecule has 2 heterocycles. The molecule has 13 heteroatoms. The maximum absolute atomic E-state index is 13.3. The number of aromatic nitrogens is 1. The number of sulfone groups is 1. The molecular formula is C26H21F3N4O5S. The summed E-state index contributed by atoms with van der Waals surface area (Å²) in [4.78, 5) is 44.6. The number of pyridine rings is 1. The molecule has 1 spiro atoms. The number of imide groups is 1. The van der Waals surface area contributed by atoms with Crippen LogP contribution >= 0.6 is 0 Å². The fraction of sp³-hybridized carbons (Fsp3) is 0.231. The van der Waals surface area contributed by atoms with Crippen LogP contribution < -0.4 is 10.2 Å². The van der Waals surface area contributed by atoms with E-state index in [9.17, 15) is 36.0 Å². The van der Waals surface area contributed by atoms with Gasteiger partial charge in [-0.2, -0.15) is 13.2 Å². The van der Waals surface area contributed by atoms with Gasteiger partial charge in [-0.25, -0.2) is 18.1 Å². The SMILES string of the molecule is Cc1ccc(NC(=O)c2cc(CN3C(=O)N(c4ccc(S(=O)(=O)C(F)(F)F)cc4)C(=O)C34CC4)ccn2)cc1. The minimum Gasteiger partial charge on any atom is -0.321 e. The van der Waals surface area contributed by atoms with Crippen molar-refractivity contribution >= 4 is 39.1 Å². The molecule has 0 radical (unpaired) electrons. The molecule has 0 unspecified atom stereocenters. The molecule has 1 aliphatic heterocycles. The summed E-state index contributed by atoms with van der Waals surface area (Å²) < 4.78 is 61.9. The summed E-state index contributed by atoms with van der Waals surface area (Å²) in [6.07, 6.45) is 2.19. The van der Waals surface area contributed by atoms with Gasteiger partial charge >= 0.3 is 11.5 Å². The third-order valence-corrected chi connectivity index (χ3v) is 8.18. The van der Waals surface area contributed by atoms with Crippen LogP contribution in [0.4, 0.5) is 29.3 Å². The van der Waals surface area contributed by atoms with Crippen molar-refractivity contribution in [2.45, 2.75) is 42.3 Å². The second-order valence-electron chi connectivity index (χ2n) is 9.35. The average molecular weight is 559 g/mol. The molecule has 1 N–H and O–H groups in total. The molecule has 2 aromatic carbocycles. The summed E-state index contributed by atoms with van der Waals surface area (Å²) in [5.74, 6) is -1.01. The number of benzene rings is 2. The highest BCUT2D eigenvalue weighted by atomic mass is 32.2. The molecule has 5 rings (SSSR count). The van der Waals surface area contributed by atoms with Crippen LogP contribution in [0.5, 0.6) is 0 Å². The Morgan fingerprint density at radius 3 is 2.26 bits per heavy atom. The molecule has 0 bridgehead atoms. The number of hydrogen-bond donors (Lipinski definition) is 1. The number of urea groups is 1. The van der Waals surface area contributed by atoms with Crippen molar-refractivity contribution in [3.8, 4) is 0 Å². The van der Waals surface area contributed by atoms with Crippen LogP contribution in [-0.2, 0) is 21.2 Å². The van der Waals surface area contributed by atoms with Crippen LogP contribution in [0, 0.1) is 6.92 Å². The van der Waals surface area contributed by atoms with E-state index in [0.717, 1.165) is 22.6 Å². The lowest BCUT2D eigenvalue weighted by Crippen LogP contribution is -2.36. The quantitative estimate of drug-likeness (QED) is 0.448. The Labute approximate surface area is 221 Å². The van der Waals surface area contributed by atoms with Crippen LogP contribution in [0.2, 0.25) is 0 Å². The van der Waals surface area contributed by atoms with E-state index in [1.54, 1.807) is 18.2 Å². The van der Waals surface area contributed by atoms with Crippen molar-refractivity contribution in [3.63, 3.8) is 0 Å². The minimum atomic E-state index is -5.58. The van der Waals surface area contributed by atoms with Crippen molar-refractivity contribution in [2.75, 3.05) is 10.2 Å². The fourth-order valence-corrected chi connectivity index (χ4v) is 5.14. The molecule has 1 aromatic heterocycles. The lowest BCUT2D eigenvalue weighted by molar-refractivity contribution is -0.120. The van der Waals surface area contributed by atoms with Gasteiger partial charge in [0.1, 0.15) is 11.2 Å². The number of nitrogens with one attached hydrogen (secondary N) is 1. The molecule has 2 aliphatic rings. The van der Waals surface area contributed by atoms with Crippen molar-refractivity contribution in [1.82, 2.24) is 9.88 Å². The van der Waals surface area contributed by atoms with E-state index in [-0.39, 0.29) is 17.9 Å². The number of amides is 4. The predicted molar refractivity (Wildman–Crippen MR) is 133 cm³/mol. The van der Waals surface area contributed by atoms with Gasteiger partial charge in [0.25, 0.3) is 21.7 Å². The largest absolute Gasteiger partial charge is 0.501 e. The Hall–Kier alpha value is -4.26. The van der Waals surface area contributed by atoms with Gasteiger partial charge in [-0.05, 0) is 73.9 Å². The van der Waals surface area contributed by atoms with Crippen LogP contribution in [-0.4, -0.2) is 47.2 Å². The molecule has 4 amide bonds. The van der Waals surface area contributed by atoms with E-state index in [0.29, 0.717) is 36.2 Å². The molecular weight excluding hydrogens is 537 g/mol. The highest BCUT2D eigenvalue weighted by Crippen LogP contribution is 2.49. The second kappa shape index (κ2) is 9.19. The molecule has 1 saturated carbocycles. The smallest absolute Gasteiger partial charge is 0.321 e. The number of halogens is 3. The van der Waals surface area contributed by atoms with E-state index < -0.39 is 43.6 Å². The van der Waals surface area contributed by atoms with Gasteiger partial charge in [-0.1, -0.05) is 17.7 Å². The molecule has 1 aliphatic carbocycles. The highest BCUT2D eigenvalue weighted by Gasteiger charge is 2.65. The number of carbonyl (C=O) groups is 3. The standard InChI is InChI=1S/C26H21F3N4O5S/c1-16-2-4-18(5-3-16)31-22(34)21-14-17(10-13-30-21)15-32-24(36)33(23(35)25(32)11-12-25)19-6-8-20(9-7-19)39(37,38)26(27,28)29/h2-10,13-14H,11-12,15H2,1H3,(H,31,34).